The van der Waals surface area contributed by atoms with Crippen LogP contribution in [0, 0.1) is 0 Å². The smallest absolute Gasteiger partial charge is 0.273 e. The van der Waals surface area contributed by atoms with Crippen LogP contribution in [0.2, 0.25) is 0 Å². The molecule has 1 N–H and O–H groups in total. The van der Waals surface area contributed by atoms with Crippen molar-refractivity contribution in [3.63, 3.8) is 0 Å². The van der Waals surface area contributed by atoms with Gasteiger partial charge in [-0.3, -0.25) is 14.9 Å². The number of thiophene rings is 1. The fraction of sp³-hybridized carbons (Fsp3) is 0.231. The van der Waals surface area contributed by atoms with E-state index in [2.05, 4.69) is 15.4 Å². The summed E-state index contributed by atoms with van der Waals surface area (Å²) in [5, 5.41) is 12.3. The van der Waals surface area contributed by atoms with Crippen LogP contribution in [0.4, 0.5) is 5.13 Å². The lowest BCUT2D eigenvalue weighted by Crippen LogP contribution is -2.34. The van der Waals surface area contributed by atoms with Gasteiger partial charge in [-0.2, -0.15) is 5.10 Å². The highest BCUT2D eigenvalue weighted by Gasteiger charge is 2.22. The van der Waals surface area contributed by atoms with Crippen molar-refractivity contribution in [2.75, 3.05) is 12.4 Å². The van der Waals surface area contributed by atoms with Crippen LogP contribution in [-0.4, -0.2) is 34.6 Å². The molecule has 0 saturated carbocycles. The van der Waals surface area contributed by atoms with Gasteiger partial charge < -0.3 is 0 Å². The second kappa shape index (κ2) is 5.74. The molecule has 6 nitrogen and oxygen atoms in total. The number of rotatable bonds is 3. The van der Waals surface area contributed by atoms with Gasteiger partial charge >= 0.3 is 0 Å². The molecule has 0 fully saturated rings. The van der Waals surface area contributed by atoms with Crippen LogP contribution in [0.1, 0.15) is 12.8 Å². The zero-order valence-electron chi connectivity index (χ0n) is 11.2. The Hall–Kier alpha value is -2.06. The summed E-state index contributed by atoms with van der Waals surface area (Å²) in [6.07, 6.45) is 0.666. The molecule has 8 heteroatoms. The number of hydrogen-bond donors (Lipinski definition) is 1. The Labute approximate surface area is 129 Å². The minimum absolute atomic E-state index is 0.0826. The third-order valence-electron chi connectivity index (χ3n) is 2.97. The van der Waals surface area contributed by atoms with E-state index in [4.69, 9.17) is 0 Å². The highest BCUT2D eigenvalue weighted by molar-refractivity contribution is 7.16. The van der Waals surface area contributed by atoms with Crippen molar-refractivity contribution in [3.05, 3.63) is 22.9 Å². The van der Waals surface area contributed by atoms with Crippen molar-refractivity contribution in [1.29, 1.82) is 0 Å². The Balaban J connectivity index is 1.71. The molecule has 0 saturated heterocycles. The highest BCUT2D eigenvalue weighted by atomic mass is 32.1. The van der Waals surface area contributed by atoms with Gasteiger partial charge in [-0.05, 0) is 11.4 Å². The Morgan fingerprint density at radius 3 is 2.95 bits per heavy atom. The first-order valence-electron chi connectivity index (χ1n) is 6.28. The summed E-state index contributed by atoms with van der Waals surface area (Å²) in [7, 11) is 1.55. The van der Waals surface area contributed by atoms with Gasteiger partial charge in [0.15, 0.2) is 5.13 Å². The maximum Gasteiger partial charge on any atom is 0.273 e. The summed E-state index contributed by atoms with van der Waals surface area (Å²) in [6.45, 7) is 0. The predicted octanol–water partition coefficient (Wildman–Crippen LogP) is 2.42. The molecule has 3 heterocycles. The van der Waals surface area contributed by atoms with E-state index in [-0.39, 0.29) is 11.8 Å². The zero-order chi connectivity index (χ0) is 14.8. The van der Waals surface area contributed by atoms with Crippen molar-refractivity contribution in [3.8, 4) is 10.6 Å². The third-order valence-corrected chi connectivity index (χ3v) is 4.62. The molecule has 2 aromatic heterocycles. The molecule has 3 rings (SSSR count). The van der Waals surface area contributed by atoms with E-state index >= 15 is 0 Å². The van der Waals surface area contributed by atoms with E-state index in [1.165, 1.54) is 16.3 Å². The van der Waals surface area contributed by atoms with E-state index in [0.717, 1.165) is 10.6 Å². The average molecular weight is 320 g/mol. The Morgan fingerprint density at radius 2 is 2.24 bits per heavy atom. The molecule has 0 atom stereocenters. The molecule has 0 radical (unpaired) electrons. The number of nitrogens with zero attached hydrogens (tertiary/aromatic N) is 3. The maximum atomic E-state index is 12.1. The molecule has 0 spiro atoms. The Morgan fingerprint density at radius 1 is 1.38 bits per heavy atom. The number of carbonyl (C=O) groups excluding carboxylic acids is 2. The van der Waals surface area contributed by atoms with Crippen molar-refractivity contribution >= 4 is 45.3 Å². The first kappa shape index (κ1) is 13.9. The van der Waals surface area contributed by atoms with E-state index in [0.29, 0.717) is 23.7 Å². The zero-order valence-corrected chi connectivity index (χ0v) is 12.8. The molecule has 0 aromatic carbocycles. The van der Waals surface area contributed by atoms with Gasteiger partial charge in [0.1, 0.15) is 5.71 Å². The normalized spacial score (nSPS) is 15.0. The molecule has 0 unspecified atom stereocenters. The molecule has 0 aliphatic carbocycles. The van der Waals surface area contributed by atoms with Crippen molar-refractivity contribution in [2.24, 2.45) is 5.10 Å². The predicted molar refractivity (Wildman–Crippen MR) is 83.5 cm³/mol. The lowest BCUT2D eigenvalue weighted by atomic mass is 10.1. The number of hydrogen-bond acceptors (Lipinski definition) is 6. The second-order valence-electron chi connectivity index (χ2n) is 4.43. The fourth-order valence-corrected chi connectivity index (χ4v) is 3.34. The van der Waals surface area contributed by atoms with Gasteiger partial charge in [0.2, 0.25) is 5.91 Å². The molecular formula is C13H12N4O2S2. The molecule has 2 amide bonds. The van der Waals surface area contributed by atoms with Gasteiger partial charge in [-0.1, -0.05) is 6.07 Å². The standard InChI is InChI=1S/C13H12N4O2S2/c1-17-11(18)5-4-8(16-17)12(19)15-13-14-9(7-21-13)10-3-2-6-20-10/h2-3,6-7H,4-5H2,1H3,(H,14,15,19). The fourth-order valence-electron chi connectivity index (χ4n) is 1.87. The van der Waals surface area contributed by atoms with E-state index < -0.39 is 0 Å². The van der Waals surface area contributed by atoms with Crippen LogP contribution in [0.5, 0.6) is 0 Å². The largest absolute Gasteiger partial charge is 0.297 e. The summed E-state index contributed by atoms with van der Waals surface area (Å²) in [4.78, 5) is 28.9. The monoisotopic (exact) mass is 320 g/mol. The Bertz CT molecular complexity index is 706. The first-order chi connectivity index (χ1) is 10.1. The SMILES string of the molecule is CN1N=C(C(=O)Nc2nc(-c3cccs3)cs2)CCC1=O. The first-order valence-corrected chi connectivity index (χ1v) is 8.04. The van der Waals surface area contributed by atoms with Gasteiger partial charge in [0.25, 0.3) is 5.91 Å². The average Bonchev–Trinajstić information content (AvgIpc) is 3.12. The highest BCUT2D eigenvalue weighted by Crippen LogP contribution is 2.28. The summed E-state index contributed by atoms with van der Waals surface area (Å²) in [5.41, 5.74) is 1.20. The van der Waals surface area contributed by atoms with Crippen LogP contribution in [0.25, 0.3) is 10.6 Å². The molecular weight excluding hydrogens is 308 g/mol. The summed E-state index contributed by atoms with van der Waals surface area (Å²) < 4.78 is 0. The third kappa shape index (κ3) is 3.01. The van der Waals surface area contributed by atoms with E-state index in [9.17, 15) is 9.59 Å². The number of nitrogens with one attached hydrogen (secondary N) is 1. The number of anilines is 1. The van der Waals surface area contributed by atoms with Crippen LogP contribution >= 0.6 is 22.7 Å². The van der Waals surface area contributed by atoms with E-state index in [1.54, 1.807) is 18.4 Å². The minimum Gasteiger partial charge on any atom is -0.297 e. The molecule has 0 bridgehead atoms. The number of aromatic nitrogens is 1. The van der Waals surface area contributed by atoms with Crippen LogP contribution in [-0.2, 0) is 9.59 Å². The number of carbonyl (C=O) groups is 2. The van der Waals surface area contributed by atoms with Crippen LogP contribution in [0.3, 0.4) is 0 Å². The van der Waals surface area contributed by atoms with Gasteiger partial charge in [0, 0.05) is 25.3 Å². The molecule has 21 heavy (non-hydrogen) atoms. The molecule has 108 valence electrons. The second-order valence-corrected chi connectivity index (χ2v) is 6.24. The minimum atomic E-state index is -0.304. The van der Waals surface area contributed by atoms with Gasteiger partial charge in [-0.25, -0.2) is 9.99 Å². The Kier molecular flexibility index (Phi) is 3.80. The summed E-state index contributed by atoms with van der Waals surface area (Å²) >= 11 is 2.97. The van der Waals surface area contributed by atoms with Crippen LogP contribution < -0.4 is 5.32 Å². The number of thiazole rings is 1. The number of hydrazone groups is 1. The summed E-state index contributed by atoms with van der Waals surface area (Å²) in [5.74, 6) is -0.387. The van der Waals surface area contributed by atoms with Gasteiger partial charge in [-0.15, -0.1) is 22.7 Å². The molecule has 2 aromatic rings. The lowest BCUT2D eigenvalue weighted by molar-refractivity contribution is -0.130. The van der Waals surface area contributed by atoms with Gasteiger partial charge in [0.05, 0.1) is 10.6 Å². The van der Waals surface area contributed by atoms with Crippen molar-refractivity contribution < 1.29 is 9.59 Å². The molecule has 1 aliphatic rings. The maximum absolute atomic E-state index is 12.1. The lowest BCUT2D eigenvalue weighted by Gasteiger charge is -2.18. The van der Waals surface area contributed by atoms with Crippen molar-refractivity contribution in [1.82, 2.24) is 9.99 Å². The summed E-state index contributed by atoms with van der Waals surface area (Å²) in [6, 6.07) is 3.94. The number of amides is 2. The van der Waals surface area contributed by atoms with E-state index in [1.807, 2.05) is 22.9 Å². The van der Waals surface area contributed by atoms with Crippen LogP contribution in [0.15, 0.2) is 28.0 Å². The quantitative estimate of drug-likeness (QED) is 0.943. The van der Waals surface area contributed by atoms with Crippen molar-refractivity contribution in [2.45, 2.75) is 12.8 Å². The topological polar surface area (TPSA) is 74.7 Å². The molecule has 1 aliphatic heterocycles.